The third kappa shape index (κ3) is 3.86. The summed E-state index contributed by atoms with van der Waals surface area (Å²) in [6.07, 6.45) is 0.207. The Morgan fingerprint density at radius 3 is 2.83 bits per heavy atom. The molecule has 0 spiro atoms. The van der Waals surface area contributed by atoms with Crippen LogP contribution in [0.1, 0.15) is 28.5 Å². The van der Waals surface area contributed by atoms with Crippen LogP contribution < -0.4 is 10.6 Å². The molecule has 154 valence electrons. The van der Waals surface area contributed by atoms with E-state index in [-0.39, 0.29) is 6.04 Å². The molecule has 0 radical (unpaired) electrons. The first-order valence-corrected chi connectivity index (χ1v) is 11.3. The number of aliphatic hydroxyl groups excluding tert-OH is 1. The van der Waals surface area contributed by atoms with Crippen LogP contribution in [0.2, 0.25) is 0 Å². The van der Waals surface area contributed by atoms with E-state index in [1.807, 2.05) is 42.5 Å². The molecule has 0 bridgehead atoms. The summed E-state index contributed by atoms with van der Waals surface area (Å²) >= 11 is 1.77. The van der Waals surface area contributed by atoms with Crippen molar-refractivity contribution in [3.63, 3.8) is 0 Å². The largest absolute Gasteiger partial charge is 0.388 e. The highest BCUT2D eigenvalue weighted by Crippen LogP contribution is 2.39. The summed E-state index contributed by atoms with van der Waals surface area (Å²) < 4.78 is 0. The Morgan fingerprint density at radius 1 is 1.17 bits per heavy atom. The summed E-state index contributed by atoms with van der Waals surface area (Å²) in [5.41, 5.74) is 4.14. The van der Waals surface area contributed by atoms with Crippen LogP contribution in [0.5, 0.6) is 0 Å². The molecule has 5 rings (SSSR count). The third-order valence-corrected chi connectivity index (χ3v) is 6.69. The van der Waals surface area contributed by atoms with Gasteiger partial charge in [0.15, 0.2) is 0 Å². The first-order chi connectivity index (χ1) is 14.7. The number of amidine groups is 1. The summed E-state index contributed by atoms with van der Waals surface area (Å²) in [4.78, 5) is 8.72. The minimum atomic E-state index is -0.471. The Labute approximate surface area is 181 Å². The maximum Gasteiger partial charge on any atom is 0.139 e. The van der Waals surface area contributed by atoms with Gasteiger partial charge in [0, 0.05) is 30.6 Å². The number of para-hydroxylation sites is 2. The molecule has 2 aliphatic rings. The second kappa shape index (κ2) is 8.22. The van der Waals surface area contributed by atoms with Crippen LogP contribution in [0.25, 0.3) is 0 Å². The SMILES string of the molecule is Cc1cc2c(s1)Nc1ccccc1N=C2N1CCNC(CC(O)c2ccccc2)C1. The molecule has 3 heterocycles. The molecule has 5 nitrogen and oxygen atoms in total. The predicted octanol–water partition coefficient (Wildman–Crippen LogP) is 4.59. The van der Waals surface area contributed by atoms with Crippen molar-refractivity contribution in [2.24, 2.45) is 4.99 Å². The number of aryl methyl sites for hydroxylation is 1. The zero-order valence-electron chi connectivity index (χ0n) is 17.0. The number of thiophene rings is 1. The van der Waals surface area contributed by atoms with Gasteiger partial charge in [0.2, 0.25) is 0 Å². The highest BCUT2D eigenvalue weighted by Gasteiger charge is 2.28. The van der Waals surface area contributed by atoms with E-state index in [0.717, 1.165) is 53.0 Å². The van der Waals surface area contributed by atoms with E-state index in [9.17, 15) is 5.11 Å². The summed E-state index contributed by atoms with van der Waals surface area (Å²) in [7, 11) is 0. The molecular formula is C24H26N4OS. The molecule has 0 saturated carbocycles. The van der Waals surface area contributed by atoms with Gasteiger partial charge in [0.1, 0.15) is 10.8 Å². The second-order valence-corrected chi connectivity index (χ2v) is 9.19. The van der Waals surface area contributed by atoms with Crippen LogP contribution in [0, 0.1) is 6.92 Å². The molecule has 3 aromatic rings. The first-order valence-electron chi connectivity index (χ1n) is 10.4. The van der Waals surface area contributed by atoms with Gasteiger partial charge >= 0.3 is 0 Å². The van der Waals surface area contributed by atoms with E-state index in [1.54, 1.807) is 11.3 Å². The van der Waals surface area contributed by atoms with E-state index in [1.165, 1.54) is 4.88 Å². The van der Waals surface area contributed by atoms with Crippen LogP contribution in [0.4, 0.5) is 16.4 Å². The molecule has 2 aliphatic heterocycles. The van der Waals surface area contributed by atoms with Gasteiger partial charge in [-0.05, 0) is 37.1 Å². The van der Waals surface area contributed by atoms with Crippen LogP contribution in [0.3, 0.4) is 0 Å². The molecule has 1 aromatic heterocycles. The van der Waals surface area contributed by atoms with Gasteiger partial charge in [0.05, 0.1) is 23.0 Å². The molecule has 2 aromatic carbocycles. The number of fused-ring (bicyclic) bond motifs is 2. The fourth-order valence-electron chi connectivity index (χ4n) is 4.24. The highest BCUT2D eigenvalue weighted by molar-refractivity contribution is 7.16. The number of nitrogens with one attached hydrogen (secondary N) is 2. The first kappa shape index (κ1) is 19.3. The number of rotatable bonds is 3. The van der Waals surface area contributed by atoms with Crippen molar-refractivity contribution < 1.29 is 5.11 Å². The fraction of sp³-hybridized carbons (Fsp3) is 0.292. The van der Waals surface area contributed by atoms with Crippen LogP contribution in [-0.2, 0) is 0 Å². The van der Waals surface area contributed by atoms with Crippen molar-refractivity contribution in [2.45, 2.75) is 25.5 Å². The molecule has 6 heteroatoms. The number of hydrogen-bond donors (Lipinski definition) is 3. The monoisotopic (exact) mass is 418 g/mol. The molecule has 1 fully saturated rings. The van der Waals surface area contributed by atoms with E-state index >= 15 is 0 Å². The van der Waals surface area contributed by atoms with E-state index in [2.05, 4.69) is 40.7 Å². The summed E-state index contributed by atoms with van der Waals surface area (Å²) in [5.74, 6) is 1.02. The van der Waals surface area contributed by atoms with Crippen LogP contribution in [0.15, 0.2) is 65.7 Å². The molecule has 0 aliphatic carbocycles. The van der Waals surface area contributed by atoms with Gasteiger partial charge in [-0.2, -0.15) is 0 Å². The Kier molecular flexibility index (Phi) is 5.29. The maximum atomic E-state index is 10.7. The molecular weight excluding hydrogens is 392 g/mol. The van der Waals surface area contributed by atoms with Crippen molar-refractivity contribution in [1.29, 1.82) is 0 Å². The second-order valence-electron chi connectivity index (χ2n) is 7.94. The summed E-state index contributed by atoms with van der Waals surface area (Å²) in [6.45, 7) is 4.73. The zero-order chi connectivity index (χ0) is 20.5. The highest BCUT2D eigenvalue weighted by atomic mass is 32.1. The van der Waals surface area contributed by atoms with Gasteiger partial charge in [-0.3, -0.25) is 0 Å². The van der Waals surface area contributed by atoms with Gasteiger partial charge < -0.3 is 20.6 Å². The van der Waals surface area contributed by atoms with E-state index in [4.69, 9.17) is 4.99 Å². The summed E-state index contributed by atoms with van der Waals surface area (Å²) in [5, 5.41) is 19.0. The molecule has 3 N–H and O–H groups in total. The Morgan fingerprint density at radius 2 is 1.97 bits per heavy atom. The van der Waals surface area contributed by atoms with Gasteiger partial charge in [-0.25, -0.2) is 4.99 Å². The lowest BCUT2D eigenvalue weighted by atomic mass is 10.00. The molecule has 1 saturated heterocycles. The van der Waals surface area contributed by atoms with Crippen molar-refractivity contribution in [2.75, 3.05) is 25.0 Å². The van der Waals surface area contributed by atoms with Crippen molar-refractivity contribution in [3.8, 4) is 0 Å². The van der Waals surface area contributed by atoms with Crippen LogP contribution >= 0.6 is 11.3 Å². The smallest absolute Gasteiger partial charge is 0.139 e. The average molecular weight is 419 g/mol. The Balaban J connectivity index is 1.42. The Bertz CT molecular complexity index is 1060. The van der Waals surface area contributed by atoms with Gasteiger partial charge in [-0.1, -0.05) is 42.5 Å². The average Bonchev–Trinajstić information content (AvgIpc) is 3.06. The lowest BCUT2D eigenvalue weighted by Gasteiger charge is -2.36. The van der Waals surface area contributed by atoms with Gasteiger partial charge in [0.25, 0.3) is 0 Å². The number of nitrogens with zero attached hydrogens (tertiary/aromatic N) is 2. The fourth-order valence-corrected chi connectivity index (χ4v) is 5.16. The minimum Gasteiger partial charge on any atom is -0.388 e. The number of aliphatic imine (C=N–C) groups is 1. The minimum absolute atomic E-state index is 0.200. The van der Waals surface area contributed by atoms with Crippen LogP contribution in [-0.4, -0.2) is 41.5 Å². The molecule has 30 heavy (non-hydrogen) atoms. The summed E-state index contributed by atoms with van der Waals surface area (Å²) in [6, 6.07) is 20.6. The van der Waals surface area contributed by atoms with Crippen molar-refractivity contribution >= 4 is 33.5 Å². The topological polar surface area (TPSA) is 59.9 Å². The predicted molar refractivity (Wildman–Crippen MR) is 124 cm³/mol. The zero-order valence-corrected chi connectivity index (χ0v) is 17.8. The standard InChI is InChI=1S/C24H26N4OS/c1-16-13-19-23(26-20-9-5-6-10-21(20)27-24(19)30-16)28-12-11-25-18(15-28)14-22(29)17-7-3-2-4-8-17/h2-10,13,18,22,25,27,29H,11-12,14-15H2,1H3. The van der Waals surface area contributed by atoms with E-state index < -0.39 is 6.10 Å². The van der Waals surface area contributed by atoms with Gasteiger partial charge in [-0.15, -0.1) is 11.3 Å². The van der Waals surface area contributed by atoms with Crippen molar-refractivity contribution in [3.05, 3.63) is 76.7 Å². The lowest BCUT2D eigenvalue weighted by Crippen LogP contribution is -2.53. The number of aliphatic hydroxyl groups is 1. The quantitative estimate of drug-likeness (QED) is 0.582. The molecule has 2 atom stereocenters. The number of hydrogen-bond acceptors (Lipinski definition) is 6. The number of benzene rings is 2. The number of piperazine rings is 1. The normalized spacial score (nSPS) is 19.2. The van der Waals surface area contributed by atoms with E-state index in [0.29, 0.717) is 6.42 Å². The number of anilines is 2. The lowest BCUT2D eigenvalue weighted by molar-refractivity contribution is 0.136. The third-order valence-electron chi connectivity index (χ3n) is 5.72. The van der Waals surface area contributed by atoms with Crippen molar-refractivity contribution in [1.82, 2.24) is 10.2 Å². The Hall–Kier alpha value is -2.67. The maximum absolute atomic E-state index is 10.7. The molecule has 2 unspecified atom stereocenters. The molecule has 0 amide bonds.